The molecule has 11 nitrogen and oxygen atoms in total. The van der Waals surface area contributed by atoms with Gasteiger partial charge in [0.2, 0.25) is 21.8 Å². The van der Waals surface area contributed by atoms with Crippen molar-refractivity contribution >= 4 is 27.9 Å². The van der Waals surface area contributed by atoms with Gasteiger partial charge in [0.15, 0.2) is 0 Å². The first-order valence-electron chi connectivity index (χ1n) is 12.4. The third-order valence-corrected chi connectivity index (χ3v) is 8.03. The maximum atomic E-state index is 14.2. The summed E-state index contributed by atoms with van der Waals surface area (Å²) >= 11 is 0. The average Bonchev–Trinajstić information content (AvgIpc) is 2.88. The lowest BCUT2D eigenvalue weighted by Crippen LogP contribution is -2.63. The minimum Gasteiger partial charge on any atom is -0.465 e. The topological polar surface area (TPSA) is 149 Å². The van der Waals surface area contributed by atoms with Crippen LogP contribution < -0.4 is 10.6 Å². The molecule has 0 unspecified atom stereocenters. The third kappa shape index (κ3) is 7.91. The molecule has 0 aliphatic carbocycles. The summed E-state index contributed by atoms with van der Waals surface area (Å²) in [6.07, 6.45) is 1.89. The van der Waals surface area contributed by atoms with Crippen LogP contribution in [0.2, 0.25) is 0 Å². The molecule has 3 N–H and O–H groups in total. The number of nitrogens with zero attached hydrogens (tertiary/aromatic N) is 3. The van der Waals surface area contributed by atoms with E-state index in [0.29, 0.717) is 22.0 Å². The van der Waals surface area contributed by atoms with Gasteiger partial charge in [0.05, 0.1) is 5.75 Å². The molecule has 1 aliphatic rings. The van der Waals surface area contributed by atoms with E-state index in [9.17, 15) is 41.1 Å². The Bertz CT molecular complexity index is 1320. The minimum atomic E-state index is -4.62. The molecule has 3 rings (SSSR count). The molecule has 1 aromatic heterocycles. The zero-order chi connectivity index (χ0) is 29.6. The van der Waals surface area contributed by atoms with Crippen molar-refractivity contribution in [1.29, 1.82) is 0 Å². The number of rotatable bonds is 10. The highest BCUT2D eigenvalue weighted by Gasteiger charge is 2.42. The normalized spacial score (nSPS) is 16.9. The number of aromatic nitrogens is 1. The Morgan fingerprint density at radius 2 is 1.82 bits per heavy atom. The summed E-state index contributed by atoms with van der Waals surface area (Å²) in [7, 11) is -4.62. The van der Waals surface area contributed by atoms with Gasteiger partial charge < -0.3 is 20.6 Å². The average molecular weight is 586 g/mol. The summed E-state index contributed by atoms with van der Waals surface area (Å²) in [6.45, 7) is 2.35. The van der Waals surface area contributed by atoms with E-state index in [1.165, 1.54) is 0 Å². The monoisotopic (exact) mass is 585 g/mol. The summed E-state index contributed by atoms with van der Waals surface area (Å²) in [5.41, 5.74) is -0.221. The van der Waals surface area contributed by atoms with Crippen LogP contribution in [0.15, 0.2) is 36.7 Å². The van der Waals surface area contributed by atoms with Crippen LogP contribution in [0.5, 0.6) is 0 Å². The van der Waals surface area contributed by atoms with E-state index in [1.54, 1.807) is 24.5 Å². The van der Waals surface area contributed by atoms with Gasteiger partial charge in [-0.2, -0.15) is 4.31 Å². The van der Waals surface area contributed by atoms with Crippen LogP contribution in [0.3, 0.4) is 0 Å². The van der Waals surface area contributed by atoms with Crippen molar-refractivity contribution in [3.63, 3.8) is 0 Å². The molecule has 15 heteroatoms. The number of carbonyl (C=O) groups excluding carboxylic acids is 2. The number of benzene rings is 1. The number of carbonyl (C=O) groups is 3. The van der Waals surface area contributed by atoms with Crippen LogP contribution in [-0.2, 0) is 31.9 Å². The number of hydrogen-bond donors (Lipinski definition) is 3. The Balaban J connectivity index is 1.84. The van der Waals surface area contributed by atoms with E-state index in [0.717, 1.165) is 4.90 Å². The summed E-state index contributed by atoms with van der Waals surface area (Å²) in [4.78, 5) is 42.8. The van der Waals surface area contributed by atoms with Crippen molar-refractivity contribution in [3.05, 3.63) is 65.2 Å². The van der Waals surface area contributed by atoms with Crippen LogP contribution in [0.4, 0.5) is 18.0 Å². The van der Waals surface area contributed by atoms with Gasteiger partial charge in [-0.1, -0.05) is 19.9 Å². The van der Waals surface area contributed by atoms with Gasteiger partial charge in [-0.15, -0.1) is 0 Å². The zero-order valence-electron chi connectivity index (χ0n) is 21.8. The van der Waals surface area contributed by atoms with Crippen molar-refractivity contribution in [1.82, 2.24) is 24.8 Å². The lowest BCUT2D eigenvalue weighted by molar-refractivity contribution is -0.132. The third-order valence-electron chi connectivity index (χ3n) is 6.22. The Labute approximate surface area is 229 Å². The van der Waals surface area contributed by atoms with E-state index in [2.05, 4.69) is 15.6 Å². The first-order valence-corrected chi connectivity index (χ1v) is 14.0. The lowest BCUT2D eigenvalue weighted by atomic mass is 10.0. The molecule has 0 radical (unpaired) electrons. The van der Waals surface area contributed by atoms with Crippen molar-refractivity contribution in [3.8, 4) is 0 Å². The predicted molar refractivity (Wildman–Crippen MR) is 137 cm³/mol. The van der Waals surface area contributed by atoms with E-state index in [1.807, 2.05) is 13.8 Å². The quantitative estimate of drug-likeness (QED) is 0.385. The van der Waals surface area contributed by atoms with E-state index in [-0.39, 0.29) is 25.4 Å². The molecule has 40 heavy (non-hydrogen) atoms. The fourth-order valence-electron chi connectivity index (χ4n) is 4.25. The number of nitrogens with one attached hydrogen (secondary N) is 2. The van der Waals surface area contributed by atoms with Gasteiger partial charge in [-0.3, -0.25) is 14.6 Å². The van der Waals surface area contributed by atoms with E-state index in [4.69, 9.17) is 0 Å². The molecule has 1 aromatic carbocycles. The smallest absolute Gasteiger partial charge is 0.407 e. The largest absolute Gasteiger partial charge is 0.465 e. The molecule has 218 valence electrons. The molecule has 0 saturated carbocycles. The Morgan fingerprint density at radius 1 is 1.15 bits per heavy atom. The maximum absolute atomic E-state index is 14.2. The number of carboxylic acid groups (broad SMARTS) is 1. The molecule has 3 amide bonds. The Hall–Kier alpha value is -3.72. The molecule has 2 atom stereocenters. The highest BCUT2D eigenvalue weighted by molar-refractivity contribution is 7.88. The van der Waals surface area contributed by atoms with Gasteiger partial charge in [-0.25, -0.2) is 26.4 Å². The fourth-order valence-corrected chi connectivity index (χ4v) is 5.96. The number of pyridine rings is 1. The molecule has 1 aliphatic heterocycles. The van der Waals surface area contributed by atoms with Crippen LogP contribution >= 0.6 is 0 Å². The fraction of sp³-hybridized carbons (Fsp3) is 0.440. The lowest BCUT2D eigenvalue weighted by Gasteiger charge is -2.39. The number of hydrogen-bond acceptors (Lipinski definition) is 6. The zero-order valence-corrected chi connectivity index (χ0v) is 22.6. The second kappa shape index (κ2) is 13.1. The number of piperazine rings is 1. The van der Waals surface area contributed by atoms with Crippen LogP contribution in [-0.4, -0.2) is 77.3 Å². The highest BCUT2D eigenvalue weighted by Crippen LogP contribution is 2.23. The molecule has 1 fully saturated rings. The minimum absolute atomic E-state index is 0.0689. The number of halogens is 3. The van der Waals surface area contributed by atoms with Crippen molar-refractivity contribution < 1.29 is 41.1 Å². The molecule has 0 bridgehead atoms. The summed E-state index contributed by atoms with van der Waals surface area (Å²) in [6, 6.07) is 1.36. The molecular formula is C25H30F3N5O6S. The van der Waals surface area contributed by atoms with Gasteiger partial charge >= 0.3 is 6.09 Å². The van der Waals surface area contributed by atoms with Crippen molar-refractivity contribution in [2.45, 2.75) is 44.6 Å². The first-order chi connectivity index (χ1) is 18.8. The highest BCUT2D eigenvalue weighted by atomic mass is 32.2. The number of amides is 3. The second-order valence-corrected chi connectivity index (χ2v) is 11.7. The van der Waals surface area contributed by atoms with Gasteiger partial charge in [0.1, 0.15) is 29.5 Å². The van der Waals surface area contributed by atoms with E-state index < -0.39 is 81.9 Å². The Kier molecular flexibility index (Phi) is 10.1. The maximum Gasteiger partial charge on any atom is 0.407 e. The summed E-state index contributed by atoms with van der Waals surface area (Å²) in [5, 5.41) is 14.7. The predicted octanol–water partition coefficient (Wildman–Crippen LogP) is 1.84. The van der Waals surface area contributed by atoms with Crippen LogP contribution in [0, 0.1) is 23.4 Å². The molecule has 2 aromatic rings. The molecule has 1 saturated heterocycles. The van der Waals surface area contributed by atoms with E-state index >= 15 is 0 Å². The van der Waals surface area contributed by atoms with Gasteiger partial charge in [0.25, 0.3) is 0 Å². The first kappa shape index (κ1) is 30.8. The summed E-state index contributed by atoms with van der Waals surface area (Å²) < 4.78 is 69.0. The molecular weight excluding hydrogens is 555 g/mol. The standard InChI is InChI=1S/C25H30F3N5O6S/c1-15(2)8-21(23(34)30-12-16-4-3-5-29-11-16)31-24(35)22-13-32(25(36)37)6-7-33(22)40(38,39)14-18-19(27)9-17(26)10-20(18)28/h3-5,9-11,15,21-22H,6-8,12-14H2,1-2H3,(H,30,34)(H,31,35)(H,36,37)/t21-,22-/m0/s1. The second-order valence-electron chi connectivity index (χ2n) is 9.73. The van der Waals surface area contributed by atoms with Crippen LogP contribution in [0.25, 0.3) is 0 Å². The van der Waals surface area contributed by atoms with Gasteiger partial charge in [-0.05, 0) is 24.0 Å². The van der Waals surface area contributed by atoms with Gasteiger partial charge in [0, 0.05) is 56.3 Å². The SMILES string of the molecule is CC(C)C[C@H](NC(=O)[C@@H]1CN(C(=O)O)CCN1S(=O)(=O)Cc1c(F)cc(F)cc1F)C(=O)NCc1cccnc1. The molecule has 2 heterocycles. The number of sulfonamides is 1. The Morgan fingerprint density at radius 3 is 2.40 bits per heavy atom. The summed E-state index contributed by atoms with van der Waals surface area (Å²) in [5.74, 6) is -6.90. The van der Waals surface area contributed by atoms with Crippen LogP contribution in [0.1, 0.15) is 31.4 Å². The van der Waals surface area contributed by atoms with Crippen molar-refractivity contribution in [2.75, 3.05) is 19.6 Å². The molecule has 0 spiro atoms. The van der Waals surface area contributed by atoms with Crippen molar-refractivity contribution in [2.24, 2.45) is 5.92 Å².